The molecule has 20 heavy (non-hydrogen) atoms. The standard InChI is InChI=1S/C13H21BrN6/c1-4-9-13(14)12(20(6-3)18-9)7-10(15-5-2)11-8-16-19-17-11/h8,10,15H,4-7H2,1-3H3,(H,16,17,19). The number of hydrogen-bond donors (Lipinski definition) is 2. The van der Waals surface area contributed by atoms with Crippen LogP contribution in [0.25, 0.3) is 0 Å². The highest BCUT2D eigenvalue weighted by atomic mass is 79.9. The molecule has 2 aromatic heterocycles. The van der Waals surface area contributed by atoms with E-state index in [1.54, 1.807) is 6.20 Å². The lowest BCUT2D eigenvalue weighted by Crippen LogP contribution is -2.24. The molecule has 0 amide bonds. The van der Waals surface area contributed by atoms with E-state index >= 15 is 0 Å². The quantitative estimate of drug-likeness (QED) is 0.810. The summed E-state index contributed by atoms with van der Waals surface area (Å²) in [6, 6.07) is 0.141. The van der Waals surface area contributed by atoms with E-state index in [2.05, 4.69) is 67.2 Å². The van der Waals surface area contributed by atoms with Crippen LogP contribution in [0, 0.1) is 0 Å². The van der Waals surface area contributed by atoms with E-state index in [0.717, 1.165) is 41.8 Å². The molecule has 2 rings (SSSR count). The van der Waals surface area contributed by atoms with Gasteiger partial charge in [-0.25, -0.2) is 0 Å². The van der Waals surface area contributed by atoms with E-state index in [1.165, 1.54) is 5.69 Å². The van der Waals surface area contributed by atoms with Crippen molar-refractivity contribution >= 4 is 15.9 Å². The average Bonchev–Trinajstić information content (AvgIpc) is 3.07. The molecule has 1 unspecified atom stereocenters. The molecule has 0 bridgehead atoms. The third-order valence-corrected chi connectivity index (χ3v) is 4.25. The number of hydrogen-bond acceptors (Lipinski definition) is 4. The molecule has 2 heterocycles. The topological polar surface area (TPSA) is 71.4 Å². The number of nitrogens with one attached hydrogen (secondary N) is 2. The Morgan fingerprint density at radius 2 is 2.20 bits per heavy atom. The molecule has 0 aliphatic rings. The number of H-pyrrole nitrogens is 1. The molecule has 1 atom stereocenters. The fourth-order valence-corrected chi connectivity index (χ4v) is 3.04. The first kappa shape index (κ1) is 15.2. The van der Waals surface area contributed by atoms with Crippen molar-refractivity contribution in [3.8, 4) is 0 Å². The van der Waals surface area contributed by atoms with E-state index in [0.29, 0.717) is 0 Å². The number of aromatic amines is 1. The van der Waals surface area contributed by atoms with Gasteiger partial charge in [-0.1, -0.05) is 13.8 Å². The zero-order valence-corrected chi connectivity index (χ0v) is 13.7. The molecule has 2 N–H and O–H groups in total. The Balaban J connectivity index is 2.28. The number of rotatable bonds is 7. The molecule has 0 aliphatic carbocycles. The second-order valence-electron chi connectivity index (χ2n) is 4.59. The zero-order valence-electron chi connectivity index (χ0n) is 12.1. The number of nitrogens with zero attached hydrogens (tertiary/aromatic N) is 4. The summed E-state index contributed by atoms with van der Waals surface area (Å²) in [7, 11) is 0. The van der Waals surface area contributed by atoms with Crippen LogP contribution in [0.4, 0.5) is 0 Å². The predicted octanol–water partition coefficient (Wildman–Crippen LogP) is 2.24. The van der Waals surface area contributed by atoms with Crippen LogP contribution in [-0.4, -0.2) is 31.7 Å². The van der Waals surface area contributed by atoms with E-state index in [9.17, 15) is 0 Å². The first-order valence-electron chi connectivity index (χ1n) is 7.04. The molecule has 0 saturated heterocycles. The lowest BCUT2D eigenvalue weighted by atomic mass is 10.1. The van der Waals surface area contributed by atoms with Gasteiger partial charge in [0.1, 0.15) is 0 Å². The highest BCUT2D eigenvalue weighted by Gasteiger charge is 2.20. The van der Waals surface area contributed by atoms with Crippen LogP contribution in [0.15, 0.2) is 10.7 Å². The SMILES string of the molecule is CCNC(Cc1c(Br)c(CC)nn1CC)c1cn[nH]n1. The third kappa shape index (κ3) is 3.09. The van der Waals surface area contributed by atoms with Gasteiger partial charge >= 0.3 is 0 Å². The molecule has 6 nitrogen and oxygen atoms in total. The van der Waals surface area contributed by atoms with Crippen molar-refractivity contribution in [2.45, 2.75) is 46.2 Å². The average molecular weight is 341 g/mol. The highest BCUT2D eigenvalue weighted by molar-refractivity contribution is 9.10. The van der Waals surface area contributed by atoms with Gasteiger partial charge in [0, 0.05) is 13.0 Å². The molecule has 110 valence electrons. The van der Waals surface area contributed by atoms with Crippen molar-refractivity contribution in [2.24, 2.45) is 0 Å². The maximum Gasteiger partial charge on any atom is 0.0997 e. The van der Waals surface area contributed by atoms with E-state index < -0.39 is 0 Å². The molecule has 7 heteroatoms. The van der Waals surface area contributed by atoms with Gasteiger partial charge in [0.2, 0.25) is 0 Å². The van der Waals surface area contributed by atoms with Gasteiger partial charge in [-0.2, -0.15) is 20.5 Å². The van der Waals surface area contributed by atoms with Crippen molar-refractivity contribution < 1.29 is 0 Å². The predicted molar refractivity (Wildman–Crippen MR) is 81.5 cm³/mol. The monoisotopic (exact) mass is 340 g/mol. The Bertz CT molecular complexity index is 533. The largest absolute Gasteiger partial charge is 0.308 e. The fraction of sp³-hybridized carbons (Fsp3) is 0.615. The summed E-state index contributed by atoms with van der Waals surface area (Å²) in [4.78, 5) is 0. The maximum atomic E-state index is 4.64. The van der Waals surface area contributed by atoms with Crippen molar-refractivity contribution in [2.75, 3.05) is 6.54 Å². The Hall–Kier alpha value is -1.21. The summed E-state index contributed by atoms with van der Waals surface area (Å²) in [5.41, 5.74) is 3.25. The normalized spacial score (nSPS) is 12.8. The van der Waals surface area contributed by atoms with Gasteiger partial charge < -0.3 is 5.32 Å². The van der Waals surface area contributed by atoms with Crippen LogP contribution >= 0.6 is 15.9 Å². The summed E-state index contributed by atoms with van der Waals surface area (Å²) < 4.78 is 3.18. The number of likely N-dealkylation sites (N-methyl/N-ethyl adjacent to an activating group) is 1. The Kier molecular flexibility index (Phi) is 5.31. The van der Waals surface area contributed by atoms with Crippen LogP contribution in [0.5, 0.6) is 0 Å². The molecule has 0 aromatic carbocycles. The van der Waals surface area contributed by atoms with Crippen molar-refractivity contribution in [1.82, 2.24) is 30.5 Å². The minimum atomic E-state index is 0.141. The van der Waals surface area contributed by atoms with Crippen molar-refractivity contribution in [3.05, 3.63) is 27.8 Å². The minimum Gasteiger partial charge on any atom is -0.308 e. The van der Waals surface area contributed by atoms with Gasteiger partial charge in [0.05, 0.1) is 33.8 Å². The number of aryl methyl sites for hydroxylation is 2. The van der Waals surface area contributed by atoms with Crippen LogP contribution in [-0.2, 0) is 19.4 Å². The lowest BCUT2D eigenvalue weighted by Gasteiger charge is -2.16. The summed E-state index contributed by atoms with van der Waals surface area (Å²) in [6.07, 6.45) is 3.53. The third-order valence-electron chi connectivity index (χ3n) is 3.33. The molecular formula is C13H21BrN6. The Morgan fingerprint density at radius 1 is 1.40 bits per heavy atom. The van der Waals surface area contributed by atoms with Gasteiger partial charge in [-0.05, 0) is 35.8 Å². The maximum absolute atomic E-state index is 4.64. The lowest BCUT2D eigenvalue weighted by molar-refractivity contribution is 0.505. The minimum absolute atomic E-state index is 0.141. The van der Waals surface area contributed by atoms with Crippen LogP contribution in [0.1, 0.15) is 43.9 Å². The molecule has 0 radical (unpaired) electrons. The first-order chi connectivity index (χ1) is 9.71. The van der Waals surface area contributed by atoms with Gasteiger partial charge in [-0.15, -0.1) is 0 Å². The van der Waals surface area contributed by atoms with Crippen LogP contribution < -0.4 is 5.32 Å². The molecule has 0 spiro atoms. The second-order valence-corrected chi connectivity index (χ2v) is 5.38. The number of aromatic nitrogens is 5. The van der Waals surface area contributed by atoms with Crippen LogP contribution in [0.2, 0.25) is 0 Å². The number of halogens is 1. The molecule has 0 saturated carbocycles. The second kappa shape index (κ2) is 6.99. The molecule has 2 aromatic rings. The van der Waals surface area contributed by atoms with Gasteiger partial charge in [0.15, 0.2) is 0 Å². The smallest absolute Gasteiger partial charge is 0.0997 e. The summed E-state index contributed by atoms with van der Waals surface area (Å²) in [6.45, 7) is 8.08. The molecule has 0 fully saturated rings. The van der Waals surface area contributed by atoms with Crippen LogP contribution in [0.3, 0.4) is 0 Å². The van der Waals surface area contributed by atoms with E-state index in [4.69, 9.17) is 0 Å². The van der Waals surface area contributed by atoms with Gasteiger partial charge in [0.25, 0.3) is 0 Å². The van der Waals surface area contributed by atoms with Gasteiger partial charge in [-0.3, -0.25) is 4.68 Å². The van der Waals surface area contributed by atoms with E-state index in [-0.39, 0.29) is 6.04 Å². The first-order valence-corrected chi connectivity index (χ1v) is 7.83. The fourth-order valence-electron chi connectivity index (χ4n) is 2.31. The molecule has 0 aliphatic heterocycles. The van der Waals surface area contributed by atoms with Crippen molar-refractivity contribution in [1.29, 1.82) is 0 Å². The zero-order chi connectivity index (χ0) is 14.5. The van der Waals surface area contributed by atoms with E-state index in [1.807, 2.05) is 0 Å². The molecular weight excluding hydrogens is 320 g/mol. The highest BCUT2D eigenvalue weighted by Crippen LogP contribution is 2.26. The Morgan fingerprint density at radius 3 is 2.75 bits per heavy atom. The Labute approximate surface area is 127 Å². The summed E-state index contributed by atoms with van der Waals surface area (Å²) in [5.74, 6) is 0. The van der Waals surface area contributed by atoms with Crippen molar-refractivity contribution in [3.63, 3.8) is 0 Å². The summed E-state index contributed by atoms with van der Waals surface area (Å²) >= 11 is 3.69. The summed E-state index contributed by atoms with van der Waals surface area (Å²) in [5, 5.41) is 18.9.